The predicted octanol–water partition coefficient (Wildman–Crippen LogP) is 1.98. The molecular formula is C14H15N3OS2. The van der Waals surface area contributed by atoms with Crippen molar-refractivity contribution in [1.29, 1.82) is 0 Å². The summed E-state index contributed by atoms with van der Waals surface area (Å²) in [5.74, 6) is 0.0566. The van der Waals surface area contributed by atoms with Crippen LogP contribution in [0.5, 0.6) is 0 Å². The number of aromatic nitrogens is 1. The Balaban J connectivity index is 1.95. The molecule has 1 aromatic heterocycles. The van der Waals surface area contributed by atoms with E-state index in [1.54, 1.807) is 17.5 Å². The molecule has 1 heterocycles. The molecule has 6 heteroatoms. The third-order valence-electron chi connectivity index (χ3n) is 2.90. The molecule has 0 saturated carbocycles. The van der Waals surface area contributed by atoms with Crippen LogP contribution in [0.3, 0.4) is 0 Å². The van der Waals surface area contributed by atoms with Crippen molar-refractivity contribution in [3.63, 3.8) is 0 Å². The Morgan fingerprint density at radius 3 is 2.65 bits per heavy atom. The van der Waals surface area contributed by atoms with Gasteiger partial charge in [0.2, 0.25) is 5.91 Å². The highest BCUT2D eigenvalue weighted by Crippen LogP contribution is 2.09. The van der Waals surface area contributed by atoms with E-state index in [1.165, 1.54) is 11.3 Å². The summed E-state index contributed by atoms with van der Waals surface area (Å²) >= 11 is 6.42. The zero-order valence-corrected chi connectivity index (χ0v) is 12.7. The summed E-state index contributed by atoms with van der Waals surface area (Å²) in [5, 5.41) is 1.95. The van der Waals surface area contributed by atoms with E-state index in [-0.39, 0.29) is 5.91 Å². The number of thiazole rings is 1. The van der Waals surface area contributed by atoms with Gasteiger partial charge in [-0.05, 0) is 5.56 Å². The van der Waals surface area contributed by atoms with E-state index in [0.717, 1.165) is 16.8 Å². The first-order valence-corrected chi connectivity index (χ1v) is 7.41. The van der Waals surface area contributed by atoms with Gasteiger partial charge in [0.1, 0.15) is 4.99 Å². The molecule has 1 aromatic carbocycles. The highest BCUT2D eigenvalue weighted by molar-refractivity contribution is 7.80. The second kappa shape index (κ2) is 6.58. The molecule has 2 aromatic rings. The Bertz CT molecular complexity index is 593. The average molecular weight is 305 g/mol. The van der Waals surface area contributed by atoms with Crippen molar-refractivity contribution in [3.8, 4) is 0 Å². The monoisotopic (exact) mass is 305 g/mol. The lowest BCUT2D eigenvalue weighted by molar-refractivity contribution is -0.129. The van der Waals surface area contributed by atoms with Crippen molar-refractivity contribution < 1.29 is 4.79 Å². The number of hydrogen-bond acceptors (Lipinski definition) is 4. The van der Waals surface area contributed by atoms with Crippen molar-refractivity contribution in [2.45, 2.75) is 13.0 Å². The Morgan fingerprint density at radius 1 is 1.40 bits per heavy atom. The zero-order valence-electron chi connectivity index (χ0n) is 11.1. The summed E-state index contributed by atoms with van der Waals surface area (Å²) < 4.78 is 0. The highest BCUT2D eigenvalue weighted by atomic mass is 32.1. The molecule has 0 bridgehead atoms. The number of likely N-dealkylation sites (N-methyl/N-ethyl adjacent to an activating group) is 1. The highest BCUT2D eigenvalue weighted by Gasteiger charge is 2.11. The molecule has 2 rings (SSSR count). The molecule has 0 fully saturated rings. The van der Waals surface area contributed by atoms with Crippen molar-refractivity contribution in [3.05, 3.63) is 52.0 Å². The van der Waals surface area contributed by atoms with Gasteiger partial charge in [0, 0.05) is 18.0 Å². The van der Waals surface area contributed by atoms with Gasteiger partial charge in [0.15, 0.2) is 0 Å². The van der Waals surface area contributed by atoms with Crippen LogP contribution in [0.25, 0.3) is 0 Å². The molecule has 0 saturated heterocycles. The van der Waals surface area contributed by atoms with Gasteiger partial charge in [-0.2, -0.15) is 0 Å². The van der Waals surface area contributed by atoms with Crippen molar-refractivity contribution in [2.75, 3.05) is 7.05 Å². The van der Waals surface area contributed by atoms with Gasteiger partial charge in [-0.3, -0.25) is 4.79 Å². The van der Waals surface area contributed by atoms with Crippen LogP contribution in [-0.4, -0.2) is 27.8 Å². The van der Waals surface area contributed by atoms with Gasteiger partial charge in [-0.1, -0.05) is 36.5 Å². The van der Waals surface area contributed by atoms with Crippen LogP contribution < -0.4 is 5.73 Å². The molecule has 0 aliphatic heterocycles. The lowest BCUT2D eigenvalue weighted by Crippen LogP contribution is -2.27. The molecule has 4 nitrogen and oxygen atoms in total. The smallest absolute Gasteiger partial charge is 0.227 e. The number of thiocarbonyl (C=S) groups is 1. The Hall–Kier alpha value is -1.79. The van der Waals surface area contributed by atoms with Gasteiger partial charge < -0.3 is 10.6 Å². The van der Waals surface area contributed by atoms with Crippen LogP contribution in [0, 0.1) is 0 Å². The van der Waals surface area contributed by atoms with Crippen LogP contribution in [-0.2, 0) is 17.8 Å². The number of carbonyl (C=O) groups is 1. The fourth-order valence-corrected chi connectivity index (χ4v) is 2.43. The molecule has 1 amide bonds. The molecular weight excluding hydrogens is 290 g/mol. The number of carbonyl (C=O) groups excluding carboxylic acids is 1. The van der Waals surface area contributed by atoms with Crippen molar-refractivity contribution >= 4 is 34.5 Å². The van der Waals surface area contributed by atoms with E-state index >= 15 is 0 Å². The van der Waals surface area contributed by atoms with E-state index in [9.17, 15) is 4.79 Å². The molecule has 2 N–H and O–H groups in total. The summed E-state index contributed by atoms with van der Waals surface area (Å²) in [4.78, 5) is 18.3. The fraction of sp³-hybridized carbons (Fsp3) is 0.214. The van der Waals surface area contributed by atoms with E-state index in [4.69, 9.17) is 18.0 Å². The van der Waals surface area contributed by atoms with Crippen LogP contribution in [0.15, 0.2) is 35.2 Å². The van der Waals surface area contributed by atoms with Gasteiger partial charge in [0.25, 0.3) is 0 Å². The van der Waals surface area contributed by atoms with Crippen LogP contribution in [0.1, 0.15) is 16.8 Å². The maximum absolute atomic E-state index is 12.1. The molecule has 0 spiro atoms. The standard InChI is InChI=1S/C14H15N3OS2/c1-17(7-12-8-20-9-16-12)13(18)6-10-2-4-11(5-3-10)14(15)19/h2-5,8-9H,6-7H2,1H3,(H2,15,19). The molecule has 0 radical (unpaired) electrons. The molecule has 0 aliphatic carbocycles. The molecule has 104 valence electrons. The Morgan fingerprint density at radius 2 is 2.10 bits per heavy atom. The number of rotatable bonds is 5. The van der Waals surface area contributed by atoms with Crippen LogP contribution in [0.4, 0.5) is 0 Å². The van der Waals surface area contributed by atoms with Crippen molar-refractivity contribution in [2.24, 2.45) is 5.73 Å². The third kappa shape index (κ3) is 3.85. The first-order valence-electron chi connectivity index (χ1n) is 6.06. The predicted molar refractivity (Wildman–Crippen MR) is 84.6 cm³/mol. The number of nitrogens with two attached hydrogens (primary N) is 1. The van der Waals surface area contributed by atoms with Gasteiger partial charge in [-0.15, -0.1) is 11.3 Å². The summed E-state index contributed by atoms with van der Waals surface area (Å²) in [5.41, 5.74) is 9.97. The SMILES string of the molecule is CN(Cc1cscn1)C(=O)Cc1ccc(C(N)=S)cc1. The fourth-order valence-electron chi connectivity index (χ4n) is 1.74. The quantitative estimate of drug-likeness (QED) is 0.858. The largest absolute Gasteiger partial charge is 0.389 e. The average Bonchev–Trinajstić information content (AvgIpc) is 2.92. The van der Waals surface area contributed by atoms with Crippen LogP contribution >= 0.6 is 23.6 Å². The number of benzene rings is 1. The van der Waals surface area contributed by atoms with Crippen LogP contribution in [0.2, 0.25) is 0 Å². The van der Waals surface area contributed by atoms with E-state index < -0.39 is 0 Å². The number of amides is 1. The molecule has 0 unspecified atom stereocenters. The maximum Gasteiger partial charge on any atom is 0.227 e. The first-order chi connectivity index (χ1) is 9.56. The van der Waals surface area contributed by atoms with Gasteiger partial charge in [-0.25, -0.2) is 4.98 Å². The van der Waals surface area contributed by atoms with Gasteiger partial charge >= 0.3 is 0 Å². The number of hydrogen-bond donors (Lipinski definition) is 1. The second-order valence-corrected chi connectivity index (χ2v) is 5.63. The lowest BCUT2D eigenvalue weighted by Gasteiger charge is -2.16. The van der Waals surface area contributed by atoms with E-state index in [0.29, 0.717) is 18.0 Å². The second-order valence-electron chi connectivity index (χ2n) is 4.47. The lowest BCUT2D eigenvalue weighted by atomic mass is 10.1. The normalized spacial score (nSPS) is 10.2. The molecule has 20 heavy (non-hydrogen) atoms. The van der Waals surface area contributed by atoms with Crippen molar-refractivity contribution in [1.82, 2.24) is 9.88 Å². The first kappa shape index (κ1) is 14.6. The van der Waals surface area contributed by atoms with E-state index in [1.807, 2.05) is 29.6 Å². The zero-order chi connectivity index (χ0) is 14.5. The summed E-state index contributed by atoms with van der Waals surface area (Å²) in [7, 11) is 1.78. The maximum atomic E-state index is 12.1. The number of nitrogens with zero attached hydrogens (tertiary/aromatic N) is 2. The Labute approximate surface area is 127 Å². The minimum absolute atomic E-state index is 0.0566. The third-order valence-corrected chi connectivity index (χ3v) is 3.77. The molecule has 0 aliphatic rings. The Kier molecular flexibility index (Phi) is 4.81. The summed E-state index contributed by atoms with van der Waals surface area (Å²) in [6.45, 7) is 0.535. The summed E-state index contributed by atoms with van der Waals surface area (Å²) in [6, 6.07) is 7.43. The minimum atomic E-state index is 0.0566. The molecule has 0 atom stereocenters. The van der Waals surface area contributed by atoms with Gasteiger partial charge in [0.05, 0.1) is 24.2 Å². The van der Waals surface area contributed by atoms with E-state index in [2.05, 4.69) is 4.98 Å². The minimum Gasteiger partial charge on any atom is -0.389 e. The summed E-state index contributed by atoms with van der Waals surface area (Å²) in [6.07, 6.45) is 0.359. The topological polar surface area (TPSA) is 59.2 Å².